The number of sulfonamides is 1. The molecule has 6 heteroatoms. The molecule has 0 aromatic heterocycles. The molecule has 5 nitrogen and oxygen atoms in total. The summed E-state index contributed by atoms with van der Waals surface area (Å²) in [5.74, 6) is -0.186. The SMILES string of the molecule is Cc1ccc(CCCCNC(=O)c2ccc(S(=O)(=O)N(C)C)cc2)cc1. The van der Waals surface area contributed by atoms with Gasteiger partial charge in [0, 0.05) is 26.2 Å². The van der Waals surface area contributed by atoms with Crippen LogP contribution in [0.25, 0.3) is 0 Å². The maximum Gasteiger partial charge on any atom is 0.251 e. The van der Waals surface area contributed by atoms with Crippen molar-refractivity contribution >= 4 is 15.9 Å². The average molecular weight is 375 g/mol. The van der Waals surface area contributed by atoms with Gasteiger partial charge in [-0.05, 0) is 56.0 Å². The molecule has 0 aliphatic carbocycles. The van der Waals surface area contributed by atoms with Gasteiger partial charge in [0.2, 0.25) is 10.0 Å². The van der Waals surface area contributed by atoms with E-state index in [2.05, 4.69) is 36.5 Å². The Morgan fingerprint density at radius 3 is 2.15 bits per heavy atom. The molecule has 0 saturated carbocycles. The molecule has 26 heavy (non-hydrogen) atoms. The van der Waals surface area contributed by atoms with Gasteiger partial charge in [0.15, 0.2) is 0 Å². The topological polar surface area (TPSA) is 66.5 Å². The molecule has 0 unspecified atom stereocenters. The molecule has 0 saturated heterocycles. The van der Waals surface area contributed by atoms with E-state index in [0.29, 0.717) is 12.1 Å². The van der Waals surface area contributed by atoms with Crippen LogP contribution < -0.4 is 5.32 Å². The molecule has 0 spiro atoms. The number of amides is 1. The van der Waals surface area contributed by atoms with Crippen LogP contribution in [0.3, 0.4) is 0 Å². The second-order valence-electron chi connectivity index (χ2n) is 6.51. The highest BCUT2D eigenvalue weighted by molar-refractivity contribution is 7.89. The van der Waals surface area contributed by atoms with Crippen LogP contribution >= 0.6 is 0 Å². The maximum atomic E-state index is 12.1. The quantitative estimate of drug-likeness (QED) is 0.723. The van der Waals surface area contributed by atoms with Crippen LogP contribution in [0.15, 0.2) is 53.4 Å². The Bertz CT molecular complexity index is 826. The minimum Gasteiger partial charge on any atom is -0.352 e. The van der Waals surface area contributed by atoms with E-state index >= 15 is 0 Å². The zero-order valence-corrected chi connectivity index (χ0v) is 16.3. The van der Waals surface area contributed by atoms with Crippen molar-refractivity contribution in [2.45, 2.75) is 31.1 Å². The van der Waals surface area contributed by atoms with E-state index in [9.17, 15) is 13.2 Å². The fraction of sp³-hybridized carbons (Fsp3) is 0.350. The minimum absolute atomic E-state index is 0.178. The summed E-state index contributed by atoms with van der Waals surface area (Å²) in [6, 6.07) is 14.5. The Kier molecular flexibility index (Phi) is 6.94. The summed E-state index contributed by atoms with van der Waals surface area (Å²) in [4.78, 5) is 12.3. The van der Waals surface area contributed by atoms with Crippen LogP contribution in [0, 0.1) is 6.92 Å². The summed E-state index contributed by atoms with van der Waals surface area (Å²) >= 11 is 0. The number of hydrogen-bond acceptors (Lipinski definition) is 3. The van der Waals surface area contributed by atoms with Gasteiger partial charge in [-0.15, -0.1) is 0 Å². The van der Waals surface area contributed by atoms with Crippen molar-refractivity contribution in [2.24, 2.45) is 0 Å². The predicted molar refractivity (Wildman–Crippen MR) is 104 cm³/mol. The molecule has 1 amide bonds. The third-order valence-electron chi connectivity index (χ3n) is 4.19. The Labute approximate surface area is 156 Å². The van der Waals surface area contributed by atoms with E-state index < -0.39 is 10.0 Å². The number of carbonyl (C=O) groups excluding carboxylic acids is 1. The molecule has 2 aromatic rings. The smallest absolute Gasteiger partial charge is 0.251 e. The number of hydrogen-bond donors (Lipinski definition) is 1. The van der Waals surface area contributed by atoms with Crippen LogP contribution in [0.1, 0.15) is 34.3 Å². The van der Waals surface area contributed by atoms with Gasteiger partial charge in [-0.3, -0.25) is 4.79 Å². The fourth-order valence-electron chi connectivity index (χ4n) is 2.50. The van der Waals surface area contributed by atoms with Crippen LogP contribution in [-0.2, 0) is 16.4 Å². The van der Waals surface area contributed by atoms with Gasteiger partial charge in [0.05, 0.1) is 4.90 Å². The first kappa shape index (κ1) is 20.1. The van der Waals surface area contributed by atoms with E-state index in [1.165, 1.54) is 49.5 Å². The molecule has 140 valence electrons. The summed E-state index contributed by atoms with van der Waals surface area (Å²) in [5.41, 5.74) is 3.02. The molecule has 0 aliphatic heterocycles. The second-order valence-corrected chi connectivity index (χ2v) is 8.66. The Hall–Kier alpha value is -2.18. The maximum absolute atomic E-state index is 12.1. The number of aryl methyl sites for hydroxylation is 2. The van der Waals surface area contributed by atoms with Crippen molar-refractivity contribution in [1.82, 2.24) is 9.62 Å². The lowest BCUT2D eigenvalue weighted by Gasteiger charge is -2.11. The van der Waals surface area contributed by atoms with Gasteiger partial charge >= 0.3 is 0 Å². The van der Waals surface area contributed by atoms with Gasteiger partial charge in [0.1, 0.15) is 0 Å². The summed E-state index contributed by atoms with van der Waals surface area (Å²) in [7, 11) is -0.514. The lowest BCUT2D eigenvalue weighted by atomic mass is 10.1. The van der Waals surface area contributed by atoms with E-state index in [0.717, 1.165) is 23.6 Å². The Morgan fingerprint density at radius 2 is 1.58 bits per heavy atom. The first-order valence-electron chi connectivity index (χ1n) is 8.67. The first-order chi connectivity index (χ1) is 12.3. The molecule has 0 heterocycles. The highest BCUT2D eigenvalue weighted by Crippen LogP contribution is 2.14. The number of nitrogens with zero attached hydrogens (tertiary/aromatic N) is 1. The van der Waals surface area contributed by atoms with Crippen molar-refractivity contribution < 1.29 is 13.2 Å². The van der Waals surface area contributed by atoms with E-state index in [-0.39, 0.29) is 10.8 Å². The van der Waals surface area contributed by atoms with Crippen molar-refractivity contribution in [3.8, 4) is 0 Å². The average Bonchev–Trinajstić information content (AvgIpc) is 2.62. The monoisotopic (exact) mass is 374 g/mol. The third kappa shape index (κ3) is 5.41. The Balaban J connectivity index is 1.78. The second kappa shape index (κ2) is 8.96. The number of nitrogens with one attached hydrogen (secondary N) is 1. The van der Waals surface area contributed by atoms with Crippen LogP contribution in [0.2, 0.25) is 0 Å². The summed E-state index contributed by atoms with van der Waals surface area (Å²) in [6.45, 7) is 2.67. The zero-order chi connectivity index (χ0) is 19.2. The number of rotatable bonds is 8. The molecular weight excluding hydrogens is 348 g/mol. The van der Waals surface area contributed by atoms with Gasteiger partial charge in [-0.25, -0.2) is 12.7 Å². The van der Waals surface area contributed by atoms with Crippen molar-refractivity contribution in [3.05, 3.63) is 65.2 Å². The zero-order valence-electron chi connectivity index (χ0n) is 15.5. The predicted octanol–water partition coefficient (Wildman–Crippen LogP) is 3.00. The number of benzene rings is 2. The number of carbonyl (C=O) groups is 1. The molecule has 0 fully saturated rings. The summed E-state index contributed by atoms with van der Waals surface area (Å²) in [5, 5.41) is 2.88. The molecule has 2 aromatic carbocycles. The standard InChI is InChI=1S/C20H26N2O3S/c1-16-7-9-17(10-8-16)6-4-5-15-21-20(23)18-11-13-19(14-12-18)26(24,25)22(2)3/h7-14H,4-6,15H2,1-3H3,(H,21,23). The number of unbranched alkanes of at least 4 members (excludes halogenated alkanes) is 1. The molecule has 1 N–H and O–H groups in total. The van der Waals surface area contributed by atoms with Gasteiger partial charge in [0.25, 0.3) is 5.91 Å². The lowest BCUT2D eigenvalue weighted by Crippen LogP contribution is -2.25. The first-order valence-corrected chi connectivity index (χ1v) is 10.1. The van der Waals surface area contributed by atoms with E-state index in [4.69, 9.17) is 0 Å². The molecule has 0 aliphatic rings. The van der Waals surface area contributed by atoms with E-state index in [1.807, 2.05) is 0 Å². The molecular formula is C20H26N2O3S. The normalized spacial score (nSPS) is 11.5. The van der Waals surface area contributed by atoms with Crippen LogP contribution in [0.4, 0.5) is 0 Å². The lowest BCUT2D eigenvalue weighted by molar-refractivity contribution is 0.0953. The summed E-state index contributed by atoms with van der Waals surface area (Å²) < 4.78 is 25.2. The molecule has 0 radical (unpaired) electrons. The van der Waals surface area contributed by atoms with Gasteiger partial charge in [-0.1, -0.05) is 29.8 Å². The highest BCUT2D eigenvalue weighted by Gasteiger charge is 2.17. The summed E-state index contributed by atoms with van der Waals surface area (Å²) in [6.07, 6.45) is 2.89. The van der Waals surface area contributed by atoms with Gasteiger partial charge < -0.3 is 5.32 Å². The van der Waals surface area contributed by atoms with E-state index in [1.54, 1.807) is 0 Å². The van der Waals surface area contributed by atoms with Crippen molar-refractivity contribution in [3.63, 3.8) is 0 Å². The molecule has 2 rings (SSSR count). The van der Waals surface area contributed by atoms with Gasteiger partial charge in [-0.2, -0.15) is 0 Å². The highest BCUT2D eigenvalue weighted by atomic mass is 32.2. The van der Waals surface area contributed by atoms with Crippen LogP contribution in [-0.4, -0.2) is 39.3 Å². The van der Waals surface area contributed by atoms with Crippen molar-refractivity contribution in [2.75, 3.05) is 20.6 Å². The largest absolute Gasteiger partial charge is 0.352 e. The fourth-order valence-corrected chi connectivity index (χ4v) is 3.40. The van der Waals surface area contributed by atoms with Crippen LogP contribution in [0.5, 0.6) is 0 Å². The Morgan fingerprint density at radius 1 is 0.962 bits per heavy atom. The molecule has 0 atom stereocenters. The van der Waals surface area contributed by atoms with Crippen molar-refractivity contribution in [1.29, 1.82) is 0 Å². The minimum atomic E-state index is -3.47. The molecule has 0 bridgehead atoms. The third-order valence-corrected chi connectivity index (χ3v) is 6.02.